The van der Waals surface area contributed by atoms with Gasteiger partial charge in [0.15, 0.2) is 0 Å². The smallest absolute Gasteiger partial charge is 0.269 e. The van der Waals surface area contributed by atoms with Crippen LogP contribution in [0.5, 0.6) is 0 Å². The van der Waals surface area contributed by atoms with Crippen molar-refractivity contribution >= 4 is 11.4 Å². The maximum absolute atomic E-state index is 10.4. The number of nitro groups is 1. The fourth-order valence-corrected chi connectivity index (χ4v) is 1.29. The third-order valence-electron chi connectivity index (χ3n) is 2.06. The lowest BCUT2D eigenvalue weighted by molar-refractivity contribution is -0.384. The molecular formula is C10H14N2O2. The summed E-state index contributed by atoms with van der Waals surface area (Å²) in [6.07, 6.45) is 1.06. The highest BCUT2D eigenvalue weighted by Crippen LogP contribution is 2.18. The molecule has 0 bridgehead atoms. The van der Waals surface area contributed by atoms with Crippen molar-refractivity contribution in [1.29, 1.82) is 0 Å². The second-order valence-corrected chi connectivity index (χ2v) is 3.20. The molecule has 0 fully saturated rings. The largest absolute Gasteiger partial charge is 0.375 e. The van der Waals surface area contributed by atoms with E-state index in [-0.39, 0.29) is 10.6 Å². The van der Waals surface area contributed by atoms with Crippen LogP contribution in [0.25, 0.3) is 0 Å². The molecule has 1 aromatic rings. The molecular weight excluding hydrogens is 180 g/mol. The Morgan fingerprint density at radius 3 is 2.36 bits per heavy atom. The first-order valence-electron chi connectivity index (χ1n) is 4.60. The minimum Gasteiger partial charge on any atom is -0.375 e. The molecule has 0 atom stereocenters. The molecule has 1 rings (SSSR count). The van der Waals surface area contributed by atoms with Crippen molar-refractivity contribution in [3.8, 4) is 0 Å². The van der Waals surface area contributed by atoms with Crippen LogP contribution in [0.3, 0.4) is 0 Å². The van der Waals surface area contributed by atoms with Crippen molar-refractivity contribution < 1.29 is 4.92 Å². The molecule has 0 aliphatic heterocycles. The Balaban J connectivity index is 2.77. The van der Waals surface area contributed by atoms with Crippen molar-refractivity contribution in [2.75, 3.05) is 18.5 Å². The monoisotopic (exact) mass is 194 g/mol. The van der Waals surface area contributed by atoms with Crippen LogP contribution in [0.15, 0.2) is 24.3 Å². The maximum Gasteiger partial charge on any atom is 0.269 e. The van der Waals surface area contributed by atoms with E-state index < -0.39 is 0 Å². The SMILES string of the molecule is CCCN(C)c1ccc([N+](=O)[O-])cc1. The zero-order valence-electron chi connectivity index (χ0n) is 8.43. The number of rotatable bonds is 4. The third-order valence-corrected chi connectivity index (χ3v) is 2.06. The van der Waals surface area contributed by atoms with Gasteiger partial charge in [-0.05, 0) is 18.6 Å². The van der Waals surface area contributed by atoms with E-state index in [2.05, 4.69) is 11.8 Å². The van der Waals surface area contributed by atoms with Crippen LogP contribution >= 0.6 is 0 Å². The van der Waals surface area contributed by atoms with Crippen LogP contribution in [-0.4, -0.2) is 18.5 Å². The number of hydrogen-bond donors (Lipinski definition) is 0. The predicted octanol–water partition coefficient (Wildman–Crippen LogP) is 2.44. The second-order valence-electron chi connectivity index (χ2n) is 3.20. The molecule has 0 saturated carbocycles. The molecule has 4 heteroatoms. The zero-order valence-corrected chi connectivity index (χ0v) is 8.43. The summed E-state index contributed by atoms with van der Waals surface area (Å²) in [6, 6.07) is 6.60. The summed E-state index contributed by atoms with van der Waals surface area (Å²) < 4.78 is 0. The van der Waals surface area contributed by atoms with Crippen molar-refractivity contribution in [1.82, 2.24) is 0 Å². The highest BCUT2D eigenvalue weighted by molar-refractivity contribution is 5.50. The van der Waals surface area contributed by atoms with Crippen LogP contribution in [0, 0.1) is 10.1 Å². The van der Waals surface area contributed by atoms with Gasteiger partial charge in [0.2, 0.25) is 0 Å². The van der Waals surface area contributed by atoms with E-state index in [1.807, 2.05) is 7.05 Å². The fourth-order valence-electron chi connectivity index (χ4n) is 1.29. The normalized spacial score (nSPS) is 9.86. The summed E-state index contributed by atoms with van der Waals surface area (Å²) >= 11 is 0. The Morgan fingerprint density at radius 1 is 1.36 bits per heavy atom. The lowest BCUT2D eigenvalue weighted by Gasteiger charge is -2.17. The van der Waals surface area contributed by atoms with E-state index in [9.17, 15) is 10.1 Å². The molecule has 0 unspecified atom stereocenters. The number of hydrogen-bond acceptors (Lipinski definition) is 3. The number of anilines is 1. The predicted molar refractivity (Wildman–Crippen MR) is 56.7 cm³/mol. The summed E-state index contributed by atoms with van der Waals surface area (Å²) in [5, 5.41) is 10.4. The molecule has 76 valence electrons. The van der Waals surface area contributed by atoms with E-state index in [1.54, 1.807) is 12.1 Å². The van der Waals surface area contributed by atoms with Gasteiger partial charge >= 0.3 is 0 Å². The molecule has 4 nitrogen and oxygen atoms in total. The highest BCUT2D eigenvalue weighted by Gasteiger charge is 2.05. The van der Waals surface area contributed by atoms with Gasteiger partial charge in [0.25, 0.3) is 5.69 Å². The van der Waals surface area contributed by atoms with Crippen LogP contribution in [0.4, 0.5) is 11.4 Å². The Labute approximate surface area is 83.3 Å². The third kappa shape index (κ3) is 2.45. The summed E-state index contributed by atoms with van der Waals surface area (Å²) in [5.41, 5.74) is 1.15. The van der Waals surface area contributed by atoms with Gasteiger partial charge in [0.05, 0.1) is 4.92 Å². The molecule has 0 saturated heterocycles. The summed E-state index contributed by atoms with van der Waals surface area (Å²) in [7, 11) is 1.98. The number of nitro benzene ring substituents is 1. The quantitative estimate of drug-likeness (QED) is 0.546. The zero-order chi connectivity index (χ0) is 10.6. The molecule has 0 aliphatic carbocycles. The lowest BCUT2D eigenvalue weighted by Crippen LogP contribution is -2.17. The van der Waals surface area contributed by atoms with Gasteiger partial charge in [0, 0.05) is 31.4 Å². The average molecular weight is 194 g/mol. The van der Waals surface area contributed by atoms with E-state index in [0.29, 0.717) is 0 Å². The van der Waals surface area contributed by atoms with E-state index >= 15 is 0 Å². The van der Waals surface area contributed by atoms with Crippen LogP contribution in [0.2, 0.25) is 0 Å². The van der Waals surface area contributed by atoms with Crippen molar-refractivity contribution in [2.45, 2.75) is 13.3 Å². The molecule has 0 heterocycles. The topological polar surface area (TPSA) is 46.4 Å². The van der Waals surface area contributed by atoms with Gasteiger partial charge in [-0.2, -0.15) is 0 Å². The first-order chi connectivity index (χ1) is 6.65. The molecule has 0 radical (unpaired) electrons. The number of non-ortho nitro benzene ring substituents is 1. The molecule has 0 aliphatic rings. The minimum atomic E-state index is -0.385. The summed E-state index contributed by atoms with van der Waals surface area (Å²) in [4.78, 5) is 12.1. The van der Waals surface area contributed by atoms with Gasteiger partial charge in [-0.25, -0.2) is 0 Å². The second kappa shape index (κ2) is 4.60. The minimum absolute atomic E-state index is 0.138. The molecule has 0 amide bonds. The van der Waals surface area contributed by atoms with E-state index in [1.165, 1.54) is 12.1 Å². The first kappa shape index (κ1) is 10.5. The van der Waals surface area contributed by atoms with E-state index in [4.69, 9.17) is 0 Å². The first-order valence-corrected chi connectivity index (χ1v) is 4.60. The fraction of sp³-hybridized carbons (Fsp3) is 0.400. The highest BCUT2D eigenvalue weighted by atomic mass is 16.6. The van der Waals surface area contributed by atoms with Crippen molar-refractivity contribution in [3.05, 3.63) is 34.4 Å². The van der Waals surface area contributed by atoms with Crippen LogP contribution < -0.4 is 4.90 Å². The molecule has 0 aromatic heterocycles. The Morgan fingerprint density at radius 2 is 1.93 bits per heavy atom. The standard InChI is InChI=1S/C10H14N2O2/c1-3-8-11(2)9-4-6-10(7-5-9)12(13)14/h4-7H,3,8H2,1-2H3. The van der Waals surface area contributed by atoms with Crippen LogP contribution in [-0.2, 0) is 0 Å². The van der Waals surface area contributed by atoms with E-state index in [0.717, 1.165) is 18.7 Å². The van der Waals surface area contributed by atoms with Crippen molar-refractivity contribution in [2.24, 2.45) is 0 Å². The summed E-state index contributed by atoms with van der Waals surface area (Å²) in [5.74, 6) is 0. The molecule has 14 heavy (non-hydrogen) atoms. The van der Waals surface area contributed by atoms with Gasteiger partial charge < -0.3 is 4.90 Å². The van der Waals surface area contributed by atoms with Crippen LogP contribution in [0.1, 0.15) is 13.3 Å². The Kier molecular flexibility index (Phi) is 3.45. The summed E-state index contributed by atoms with van der Waals surface area (Å²) in [6.45, 7) is 3.06. The molecule has 0 N–H and O–H groups in total. The maximum atomic E-state index is 10.4. The van der Waals surface area contributed by atoms with Gasteiger partial charge in [-0.3, -0.25) is 10.1 Å². The van der Waals surface area contributed by atoms with Crippen molar-refractivity contribution in [3.63, 3.8) is 0 Å². The molecule has 1 aromatic carbocycles. The van der Waals surface area contributed by atoms with Gasteiger partial charge in [0.1, 0.15) is 0 Å². The Bertz CT molecular complexity index is 308. The average Bonchev–Trinajstić information content (AvgIpc) is 2.18. The number of benzene rings is 1. The van der Waals surface area contributed by atoms with Gasteiger partial charge in [-0.15, -0.1) is 0 Å². The number of nitrogens with zero attached hydrogens (tertiary/aromatic N) is 2. The van der Waals surface area contributed by atoms with Gasteiger partial charge in [-0.1, -0.05) is 6.92 Å². The lowest BCUT2D eigenvalue weighted by atomic mass is 10.2. The molecule has 0 spiro atoms. The Hall–Kier alpha value is -1.58.